The molecular weight excluding hydrogens is 483 g/mol. The molecule has 1 unspecified atom stereocenters. The number of rotatable bonds is 5. The van der Waals surface area contributed by atoms with E-state index in [9.17, 15) is 4.79 Å². The van der Waals surface area contributed by atoms with E-state index in [-0.39, 0.29) is 12.0 Å². The number of aromatic nitrogens is 2. The molecule has 1 aromatic heterocycles. The Balaban J connectivity index is 1.18. The minimum atomic E-state index is 0.0460. The lowest BCUT2D eigenvalue weighted by atomic mass is 9.86. The van der Waals surface area contributed by atoms with Gasteiger partial charge in [-0.25, -0.2) is 0 Å². The van der Waals surface area contributed by atoms with Crippen molar-refractivity contribution in [1.82, 2.24) is 20.0 Å². The lowest BCUT2D eigenvalue weighted by Gasteiger charge is -2.44. The number of ether oxygens (including phenoxy) is 1. The Kier molecular flexibility index (Phi) is 7.54. The first kappa shape index (κ1) is 24.4. The number of carbonyl (C=O) groups excluding carboxylic acids is 1. The van der Waals surface area contributed by atoms with Gasteiger partial charge in [0.25, 0.3) is 5.91 Å². The van der Waals surface area contributed by atoms with Crippen molar-refractivity contribution in [3.8, 4) is 0 Å². The highest BCUT2D eigenvalue weighted by Crippen LogP contribution is 2.30. The fraction of sp³-hybridized carbons (Fsp3) is 0.444. The molecule has 2 aliphatic heterocycles. The van der Waals surface area contributed by atoms with Crippen molar-refractivity contribution in [2.75, 3.05) is 33.3 Å². The van der Waals surface area contributed by atoms with Crippen LogP contribution in [0, 0.1) is 5.92 Å². The molecule has 2 atom stereocenters. The summed E-state index contributed by atoms with van der Waals surface area (Å²) in [6, 6.07) is 14.0. The van der Waals surface area contributed by atoms with Crippen molar-refractivity contribution < 1.29 is 9.53 Å². The smallest absolute Gasteiger partial charge is 0.256 e. The number of methoxy groups -OCH3 is 1. The molecule has 6 nitrogen and oxygen atoms in total. The Labute approximate surface area is 216 Å². The van der Waals surface area contributed by atoms with Crippen LogP contribution in [-0.4, -0.2) is 71.3 Å². The molecule has 3 aromatic rings. The van der Waals surface area contributed by atoms with Crippen LogP contribution in [0.5, 0.6) is 0 Å². The monoisotopic (exact) mass is 512 g/mol. The van der Waals surface area contributed by atoms with E-state index in [0.717, 1.165) is 62.8 Å². The van der Waals surface area contributed by atoms with Crippen LogP contribution in [0.15, 0.2) is 48.7 Å². The van der Waals surface area contributed by atoms with E-state index in [0.29, 0.717) is 27.6 Å². The van der Waals surface area contributed by atoms with Gasteiger partial charge >= 0.3 is 0 Å². The second kappa shape index (κ2) is 10.8. The molecule has 0 N–H and O–H groups in total. The summed E-state index contributed by atoms with van der Waals surface area (Å²) >= 11 is 12.3. The van der Waals surface area contributed by atoms with Crippen molar-refractivity contribution in [2.45, 2.75) is 37.8 Å². The van der Waals surface area contributed by atoms with E-state index in [1.807, 2.05) is 48.4 Å². The normalized spacial score (nSPS) is 22.0. The maximum atomic E-state index is 13.3. The number of carbonyl (C=O) groups is 1. The first-order valence-electron chi connectivity index (χ1n) is 12.2. The van der Waals surface area contributed by atoms with Gasteiger partial charge in [0, 0.05) is 38.2 Å². The van der Waals surface area contributed by atoms with Crippen LogP contribution >= 0.6 is 23.2 Å². The molecule has 184 valence electrons. The molecular formula is C27H30Cl2N4O2. The largest absolute Gasteiger partial charge is 0.380 e. The Morgan fingerprint density at radius 1 is 1.06 bits per heavy atom. The van der Waals surface area contributed by atoms with Crippen LogP contribution in [-0.2, 0) is 11.2 Å². The number of benzene rings is 2. The molecule has 0 radical (unpaired) electrons. The van der Waals surface area contributed by atoms with Gasteiger partial charge < -0.3 is 9.64 Å². The molecule has 0 aliphatic carbocycles. The number of halogens is 2. The molecule has 5 rings (SSSR count). The van der Waals surface area contributed by atoms with Gasteiger partial charge in [-0.3, -0.25) is 9.69 Å². The van der Waals surface area contributed by atoms with Gasteiger partial charge in [-0.1, -0.05) is 47.5 Å². The van der Waals surface area contributed by atoms with E-state index < -0.39 is 0 Å². The first-order valence-corrected chi connectivity index (χ1v) is 13.0. The number of nitrogens with zero attached hydrogens (tertiary/aromatic N) is 4. The molecule has 3 heterocycles. The lowest BCUT2D eigenvalue weighted by Crippen LogP contribution is -2.53. The predicted molar refractivity (Wildman–Crippen MR) is 139 cm³/mol. The third kappa shape index (κ3) is 5.31. The maximum absolute atomic E-state index is 13.3. The van der Waals surface area contributed by atoms with Gasteiger partial charge in [-0.2, -0.15) is 10.2 Å². The molecule has 0 spiro atoms. The maximum Gasteiger partial charge on any atom is 0.256 e. The summed E-state index contributed by atoms with van der Waals surface area (Å²) in [5, 5.41) is 10.3. The average Bonchev–Trinajstić information content (AvgIpc) is 2.90. The number of hydrogen-bond donors (Lipinski definition) is 0. The number of amides is 1. The minimum Gasteiger partial charge on any atom is -0.380 e. The zero-order valence-corrected chi connectivity index (χ0v) is 21.4. The molecule has 2 aromatic carbocycles. The summed E-state index contributed by atoms with van der Waals surface area (Å²) in [6.07, 6.45) is 5.72. The highest BCUT2D eigenvalue weighted by atomic mass is 35.5. The van der Waals surface area contributed by atoms with E-state index >= 15 is 0 Å². The van der Waals surface area contributed by atoms with E-state index in [2.05, 4.69) is 21.2 Å². The summed E-state index contributed by atoms with van der Waals surface area (Å²) in [4.78, 5) is 17.8. The van der Waals surface area contributed by atoms with Gasteiger partial charge in [0.1, 0.15) is 0 Å². The topological polar surface area (TPSA) is 58.6 Å². The van der Waals surface area contributed by atoms with Crippen molar-refractivity contribution in [1.29, 1.82) is 0 Å². The first-order chi connectivity index (χ1) is 17.0. The standard InChI is InChI=1S/C27H30Cl2N4O2/c1-35-26-17-33(11-8-19(26)14-18-6-7-23(28)24(29)15-18)20-9-12-32(13-10-20)27(34)22-16-30-31-25-5-3-2-4-21(22)25/h2-7,15-16,19-20,26H,8-14,17H2,1H3/t19?,26-/m1/s1. The molecule has 2 aliphatic rings. The molecule has 0 bridgehead atoms. The fourth-order valence-electron chi connectivity index (χ4n) is 5.57. The lowest BCUT2D eigenvalue weighted by molar-refractivity contribution is -0.0325. The van der Waals surface area contributed by atoms with Gasteiger partial charge in [0.2, 0.25) is 0 Å². The summed E-state index contributed by atoms with van der Waals surface area (Å²) in [6.45, 7) is 3.46. The highest BCUT2D eigenvalue weighted by molar-refractivity contribution is 6.42. The van der Waals surface area contributed by atoms with Crippen LogP contribution in [0.3, 0.4) is 0 Å². The van der Waals surface area contributed by atoms with Gasteiger partial charge in [-0.05, 0) is 61.9 Å². The summed E-state index contributed by atoms with van der Waals surface area (Å²) in [5.41, 5.74) is 2.59. The quantitative estimate of drug-likeness (QED) is 0.474. The third-order valence-corrected chi connectivity index (χ3v) is 8.30. The van der Waals surface area contributed by atoms with E-state index in [4.69, 9.17) is 27.9 Å². The summed E-state index contributed by atoms with van der Waals surface area (Å²) in [5.74, 6) is 0.493. The minimum absolute atomic E-state index is 0.0460. The van der Waals surface area contributed by atoms with Crippen molar-refractivity contribution in [3.63, 3.8) is 0 Å². The summed E-state index contributed by atoms with van der Waals surface area (Å²) < 4.78 is 5.93. The molecule has 2 fully saturated rings. The molecule has 2 saturated heterocycles. The highest BCUT2D eigenvalue weighted by Gasteiger charge is 2.35. The third-order valence-electron chi connectivity index (χ3n) is 7.56. The fourth-order valence-corrected chi connectivity index (χ4v) is 5.89. The second-order valence-corrected chi connectivity index (χ2v) is 10.4. The summed E-state index contributed by atoms with van der Waals surface area (Å²) in [7, 11) is 1.81. The molecule has 1 amide bonds. The number of fused-ring (bicyclic) bond motifs is 1. The SMILES string of the molecule is CO[C@@H]1CN(C2CCN(C(=O)c3cnnc4ccccc34)CC2)CCC1Cc1ccc(Cl)c(Cl)c1. The number of hydrogen-bond acceptors (Lipinski definition) is 5. The van der Waals surface area contributed by atoms with Gasteiger partial charge in [-0.15, -0.1) is 0 Å². The Morgan fingerprint density at radius 3 is 2.63 bits per heavy atom. The van der Waals surface area contributed by atoms with Crippen LogP contribution in [0.25, 0.3) is 10.9 Å². The Morgan fingerprint density at radius 2 is 1.86 bits per heavy atom. The zero-order valence-electron chi connectivity index (χ0n) is 19.9. The molecule has 0 saturated carbocycles. The zero-order chi connectivity index (χ0) is 24.4. The molecule has 8 heteroatoms. The van der Waals surface area contributed by atoms with Crippen LogP contribution in [0.2, 0.25) is 10.0 Å². The average molecular weight is 513 g/mol. The van der Waals surface area contributed by atoms with Crippen molar-refractivity contribution in [2.24, 2.45) is 5.92 Å². The van der Waals surface area contributed by atoms with Gasteiger partial charge in [0.15, 0.2) is 0 Å². The van der Waals surface area contributed by atoms with E-state index in [1.54, 1.807) is 6.20 Å². The predicted octanol–water partition coefficient (Wildman–Crippen LogP) is 5.12. The number of piperidine rings is 2. The number of likely N-dealkylation sites (tertiary alicyclic amines) is 2. The van der Waals surface area contributed by atoms with Gasteiger partial charge in [0.05, 0.1) is 33.4 Å². The van der Waals surface area contributed by atoms with Crippen molar-refractivity contribution in [3.05, 3.63) is 69.8 Å². The second-order valence-electron chi connectivity index (χ2n) is 9.57. The van der Waals surface area contributed by atoms with Crippen LogP contribution < -0.4 is 0 Å². The van der Waals surface area contributed by atoms with E-state index in [1.165, 1.54) is 5.56 Å². The Hall–Kier alpha value is -2.25. The van der Waals surface area contributed by atoms with Crippen LogP contribution in [0.1, 0.15) is 35.2 Å². The van der Waals surface area contributed by atoms with Crippen molar-refractivity contribution >= 4 is 40.0 Å². The van der Waals surface area contributed by atoms with Crippen LogP contribution in [0.4, 0.5) is 0 Å². The molecule has 35 heavy (non-hydrogen) atoms. The Bertz CT molecular complexity index is 1190.